The van der Waals surface area contributed by atoms with Gasteiger partial charge in [-0.1, -0.05) is 188 Å². The first-order valence-corrected chi connectivity index (χ1v) is 20.4. The van der Waals surface area contributed by atoms with Crippen LogP contribution in [0.3, 0.4) is 0 Å². The van der Waals surface area contributed by atoms with E-state index in [9.17, 15) is 0 Å². The van der Waals surface area contributed by atoms with E-state index in [1.165, 1.54) is 88.0 Å². The molecule has 0 bridgehead atoms. The molecule has 0 aliphatic heterocycles. The summed E-state index contributed by atoms with van der Waals surface area (Å²) >= 11 is 0. The second-order valence-corrected chi connectivity index (χ2v) is 15.5. The summed E-state index contributed by atoms with van der Waals surface area (Å²) in [6.07, 6.45) is 4.48. The lowest BCUT2D eigenvalue weighted by molar-refractivity contribution is 1.26. The molecule has 0 amide bonds. The van der Waals surface area contributed by atoms with Gasteiger partial charge in [-0.05, 0) is 138 Å². The number of anilines is 3. The maximum absolute atomic E-state index is 2.36. The van der Waals surface area contributed by atoms with E-state index >= 15 is 0 Å². The molecule has 0 aliphatic rings. The second-order valence-electron chi connectivity index (χ2n) is 15.5. The van der Waals surface area contributed by atoms with Gasteiger partial charge in [-0.25, -0.2) is 0 Å². The smallest absolute Gasteiger partial charge is 0.0464 e. The Balaban J connectivity index is 1.07. The molecule has 280 valence electrons. The van der Waals surface area contributed by atoms with Gasteiger partial charge < -0.3 is 4.90 Å². The van der Waals surface area contributed by atoms with Crippen molar-refractivity contribution in [3.63, 3.8) is 0 Å². The van der Waals surface area contributed by atoms with Gasteiger partial charge in [-0.2, -0.15) is 0 Å². The van der Waals surface area contributed by atoms with Gasteiger partial charge in [0.15, 0.2) is 0 Å². The average Bonchev–Trinajstić information content (AvgIpc) is 3.28. The number of hydrogen-bond donors (Lipinski definition) is 0. The van der Waals surface area contributed by atoms with Gasteiger partial charge in [-0.15, -0.1) is 0 Å². The minimum absolute atomic E-state index is 1.12. The molecule has 0 unspecified atom stereocenters. The summed E-state index contributed by atoms with van der Waals surface area (Å²) in [7, 11) is 0. The van der Waals surface area contributed by atoms with Crippen LogP contribution in [0.2, 0.25) is 0 Å². The van der Waals surface area contributed by atoms with Crippen LogP contribution in [0.1, 0.15) is 22.3 Å². The first-order valence-electron chi connectivity index (χ1n) is 20.4. The fourth-order valence-electron chi connectivity index (χ4n) is 8.78. The maximum atomic E-state index is 2.36. The molecule has 0 radical (unpaired) electrons. The van der Waals surface area contributed by atoms with Gasteiger partial charge in [-0.3, -0.25) is 0 Å². The lowest BCUT2D eigenvalue weighted by atomic mass is 9.84. The molecule has 10 rings (SSSR count). The molecule has 0 fully saturated rings. The number of hydrogen-bond acceptors (Lipinski definition) is 1. The molecule has 0 saturated heterocycles. The fourth-order valence-corrected chi connectivity index (χ4v) is 8.78. The molecule has 0 saturated carbocycles. The Hall–Kier alpha value is -7.48. The molecule has 0 heterocycles. The lowest BCUT2D eigenvalue weighted by Crippen LogP contribution is -2.10. The van der Waals surface area contributed by atoms with Crippen LogP contribution < -0.4 is 4.90 Å². The molecule has 10 aromatic rings. The number of rotatable bonds is 8. The van der Waals surface area contributed by atoms with E-state index in [-0.39, 0.29) is 0 Å². The Morgan fingerprint density at radius 2 is 0.814 bits per heavy atom. The van der Waals surface area contributed by atoms with Gasteiger partial charge >= 0.3 is 0 Å². The molecule has 10 aromatic carbocycles. The van der Waals surface area contributed by atoms with Crippen molar-refractivity contribution in [1.29, 1.82) is 0 Å². The zero-order valence-electron chi connectivity index (χ0n) is 33.3. The summed E-state index contributed by atoms with van der Waals surface area (Å²) in [5, 5.41) is 7.47. The van der Waals surface area contributed by atoms with Gasteiger partial charge in [0, 0.05) is 17.1 Å². The predicted octanol–water partition coefficient (Wildman–Crippen LogP) is 16.4. The number of aryl methyl sites for hydroxylation is 2. The van der Waals surface area contributed by atoms with E-state index in [1.54, 1.807) is 0 Å². The van der Waals surface area contributed by atoms with Crippen LogP contribution in [-0.2, 0) is 0 Å². The van der Waals surface area contributed by atoms with Crippen LogP contribution in [-0.4, -0.2) is 0 Å². The zero-order chi connectivity index (χ0) is 39.7. The van der Waals surface area contributed by atoms with Crippen molar-refractivity contribution >= 4 is 61.5 Å². The average molecular weight is 754 g/mol. The first kappa shape index (κ1) is 35.9. The van der Waals surface area contributed by atoms with E-state index in [1.807, 2.05) is 0 Å². The Bertz CT molecular complexity index is 3050. The van der Waals surface area contributed by atoms with Gasteiger partial charge in [0.2, 0.25) is 0 Å². The van der Waals surface area contributed by atoms with Crippen molar-refractivity contribution < 1.29 is 0 Å². The highest BCUT2D eigenvalue weighted by molar-refractivity contribution is 6.23. The lowest BCUT2D eigenvalue weighted by Gasteiger charge is -2.26. The highest BCUT2D eigenvalue weighted by Crippen LogP contribution is 2.46. The van der Waals surface area contributed by atoms with E-state index in [4.69, 9.17) is 0 Å². The SMILES string of the molecule is Cc1cccc(N(c2ccc(-c3c4ccccc4c(-c4ccc(/C=C/c5ccc(-c6ccccc6)cc5)c5ccccc45)c4ccccc34)cc2)c2cccc(C)c2)c1. The van der Waals surface area contributed by atoms with Crippen molar-refractivity contribution in [3.8, 4) is 33.4 Å². The monoisotopic (exact) mass is 753 g/mol. The minimum atomic E-state index is 1.12. The van der Waals surface area contributed by atoms with Crippen LogP contribution in [0.5, 0.6) is 0 Å². The molecule has 0 aromatic heterocycles. The second kappa shape index (κ2) is 15.5. The summed E-state index contributed by atoms with van der Waals surface area (Å²) < 4.78 is 0. The summed E-state index contributed by atoms with van der Waals surface area (Å²) in [5.41, 5.74) is 15.7. The van der Waals surface area contributed by atoms with Gasteiger partial charge in [0.1, 0.15) is 0 Å². The Labute approximate surface area is 346 Å². The van der Waals surface area contributed by atoms with E-state index in [0.717, 1.165) is 17.1 Å². The number of nitrogens with zero attached hydrogens (tertiary/aromatic N) is 1. The highest BCUT2D eigenvalue weighted by Gasteiger charge is 2.19. The summed E-state index contributed by atoms with van der Waals surface area (Å²) in [5.74, 6) is 0. The van der Waals surface area contributed by atoms with E-state index < -0.39 is 0 Å². The topological polar surface area (TPSA) is 3.24 Å². The van der Waals surface area contributed by atoms with Crippen LogP contribution in [0.4, 0.5) is 17.1 Å². The zero-order valence-corrected chi connectivity index (χ0v) is 33.3. The Morgan fingerprint density at radius 3 is 1.39 bits per heavy atom. The highest BCUT2D eigenvalue weighted by atomic mass is 15.1. The van der Waals surface area contributed by atoms with Crippen LogP contribution in [0.25, 0.3) is 77.9 Å². The molecule has 1 nitrogen and oxygen atoms in total. The Morgan fingerprint density at radius 1 is 0.322 bits per heavy atom. The van der Waals surface area contributed by atoms with Crippen molar-refractivity contribution in [3.05, 3.63) is 235 Å². The summed E-state index contributed by atoms with van der Waals surface area (Å²) in [4.78, 5) is 2.36. The van der Waals surface area contributed by atoms with Crippen LogP contribution in [0.15, 0.2) is 212 Å². The van der Waals surface area contributed by atoms with Gasteiger partial charge in [0.05, 0.1) is 0 Å². The van der Waals surface area contributed by atoms with Crippen LogP contribution in [0, 0.1) is 13.8 Å². The largest absolute Gasteiger partial charge is 0.310 e. The summed E-state index contributed by atoms with van der Waals surface area (Å²) in [6.45, 7) is 4.31. The molecule has 0 aliphatic carbocycles. The number of fused-ring (bicyclic) bond motifs is 3. The summed E-state index contributed by atoms with van der Waals surface area (Å²) in [6, 6.07) is 77.4. The first-order chi connectivity index (χ1) is 29.1. The maximum Gasteiger partial charge on any atom is 0.0464 e. The van der Waals surface area contributed by atoms with Crippen molar-refractivity contribution in [1.82, 2.24) is 0 Å². The standard InChI is InChI=1S/C58H43N/c1-40-14-12-18-48(38-40)59(49-19-13-15-41(2)39-49)47-35-32-46(33-36-47)57-52-22-8-10-24-54(52)58(55-25-11-9-23-53(55)57)56-37-34-45(50-20-6-7-21-51(50)56)31-28-42-26-29-44(30-27-42)43-16-4-3-5-17-43/h3-39H,1-2H3/b31-28+. The predicted molar refractivity (Wildman–Crippen MR) is 255 cm³/mol. The quantitative estimate of drug-likeness (QED) is 0.110. The van der Waals surface area contributed by atoms with Crippen molar-refractivity contribution in [2.45, 2.75) is 13.8 Å². The third kappa shape index (κ3) is 6.88. The Kier molecular flexibility index (Phi) is 9.41. The van der Waals surface area contributed by atoms with Crippen molar-refractivity contribution in [2.75, 3.05) is 4.90 Å². The molecule has 59 heavy (non-hydrogen) atoms. The molecule has 0 N–H and O–H groups in total. The third-order valence-corrected chi connectivity index (χ3v) is 11.6. The van der Waals surface area contributed by atoms with Gasteiger partial charge in [0.25, 0.3) is 0 Å². The van der Waals surface area contributed by atoms with Crippen molar-refractivity contribution in [2.24, 2.45) is 0 Å². The van der Waals surface area contributed by atoms with E-state index in [2.05, 4.69) is 243 Å². The molecule has 0 spiro atoms. The fraction of sp³-hybridized carbons (Fsp3) is 0.0345. The van der Waals surface area contributed by atoms with E-state index in [0.29, 0.717) is 0 Å². The molecule has 1 heteroatoms. The van der Waals surface area contributed by atoms with Crippen LogP contribution >= 0.6 is 0 Å². The minimum Gasteiger partial charge on any atom is -0.310 e. The number of benzene rings is 10. The normalized spacial score (nSPS) is 11.5. The molecule has 0 atom stereocenters. The molecular weight excluding hydrogens is 711 g/mol. The third-order valence-electron chi connectivity index (χ3n) is 11.6. The molecular formula is C58H43N.